The number of hydrogen-bond donors (Lipinski definition) is 2. The van der Waals surface area contributed by atoms with Gasteiger partial charge in [-0.3, -0.25) is 4.99 Å². The van der Waals surface area contributed by atoms with E-state index in [2.05, 4.69) is 26.7 Å². The number of aromatic nitrogens is 1. The molecule has 1 aliphatic rings. The van der Waals surface area contributed by atoms with Crippen LogP contribution in [0.3, 0.4) is 0 Å². The molecule has 1 saturated heterocycles. The summed E-state index contributed by atoms with van der Waals surface area (Å²) in [5.41, 5.74) is -0.842. The second-order valence-corrected chi connectivity index (χ2v) is 6.37. The standard InChI is InChI=1S/C17H23ClF3N5.HI/c1-3-4-5-7-23-16(22-2)25-13-6-8-26(11-13)15-14(18)9-12(10-24-15)17(19,20)21;/h3-4,9-10,13H,5-8,11H2,1-2H3,(H2,22,23,25);1H/b4-3+;. The van der Waals surface area contributed by atoms with E-state index in [4.69, 9.17) is 11.6 Å². The van der Waals surface area contributed by atoms with Gasteiger partial charge in [0.1, 0.15) is 5.82 Å². The fourth-order valence-electron chi connectivity index (χ4n) is 2.72. The smallest absolute Gasteiger partial charge is 0.356 e. The number of allylic oxidation sites excluding steroid dienone is 1. The summed E-state index contributed by atoms with van der Waals surface area (Å²) in [7, 11) is 1.70. The minimum absolute atomic E-state index is 0. The van der Waals surface area contributed by atoms with E-state index in [1.165, 1.54) is 0 Å². The molecule has 1 atom stereocenters. The number of rotatable bonds is 5. The molecule has 152 valence electrons. The number of guanidine groups is 1. The average Bonchev–Trinajstić information content (AvgIpc) is 3.05. The molecule has 1 unspecified atom stereocenters. The zero-order valence-electron chi connectivity index (χ0n) is 15.2. The van der Waals surface area contributed by atoms with Gasteiger partial charge in [-0.25, -0.2) is 4.98 Å². The van der Waals surface area contributed by atoms with E-state index < -0.39 is 11.7 Å². The minimum Gasteiger partial charge on any atom is -0.356 e. The van der Waals surface area contributed by atoms with Gasteiger partial charge >= 0.3 is 6.18 Å². The summed E-state index contributed by atoms with van der Waals surface area (Å²) >= 11 is 6.03. The summed E-state index contributed by atoms with van der Waals surface area (Å²) in [6, 6.07) is 1.04. The Balaban J connectivity index is 0.00000364. The topological polar surface area (TPSA) is 52.6 Å². The molecule has 1 aliphatic heterocycles. The van der Waals surface area contributed by atoms with Gasteiger partial charge in [0.2, 0.25) is 0 Å². The number of halogens is 5. The van der Waals surface area contributed by atoms with E-state index in [-0.39, 0.29) is 35.0 Å². The highest BCUT2D eigenvalue weighted by Gasteiger charge is 2.33. The van der Waals surface area contributed by atoms with Gasteiger partial charge in [0.15, 0.2) is 5.96 Å². The molecule has 0 aliphatic carbocycles. The quantitative estimate of drug-likeness (QED) is 0.203. The van der Waals surface area contributed by atoms with Gasteiger partial charge in [-0.05, 0) is 25.8 Å². The molecule has 1 fully saturated rings. The third-order valence-corrected chi connectivity index (χ3v) is 4.32. The van der Waals surface area contributed by atoms with E-state index in [1.54, 1.807) is 7.05 Å². The lowest BCUT2D eigenvalue weighted by atomic mass is 10.2. The zero-order chi connectivity index (χ0) is 19.2. The molecule has 0 aromatic carbocycles. The molecular weight excluding hydrogens is 494 g/mol. The molecule has 2 heterocycles. The van der Waals surface area contributed by atoms with E-state index in [1.807, 2.05) is 17.9 Å². The van der Waals surface area contributed by atoms with Crippen LogP contribution in [0.4, 0.5) is 19.0 Å². The molecule has 10 heteroatoms. The third-order valence-electron chi connectivity index (χ3n) is 4.04. The van der Waals surface area contributed by atoms with Crippen LogP contribution in [-0.2, 0) is 6.18 Å². The normalized spacial score (nSPS) is 17.9. The highest BCUT2D eigenvalue weighted by Crippen LogP contribution is 2.34. The molecule has 0 radical (unpaired) electrons. The van der Waals surface area contributed by atoms with Crippen LogP contribution in [0.1, 0.15) is 25.3 Å². The number of nitrogens with one attached hydrogen (secondary N) is 2. The lowest BCUT2D eigenvalue weighted by Crippen LogP contribution is -2.44. The average molecular weight is 518 g/mol. The van der Waals surface area contributed by atoms with Crippen LogP contribution >= 0.6 is 35.6 Å². The lowest BCUT2D eigenvalue weighted by Gasteiger charge is -2.21. The molecule has 0 saturated carbocycles. The first-order valence-electron chi connectivity index (χ1n) is 8.41. The second-order valence-electron chi connectivity index (χ2n) is 5.96. The number of aliphatic imine (C=N–C) groups is 1. The van der Waals surface area contributed by atoms with Gasteiger partial charge in [0.05, 0.1) is 10.6 Å². The van der Waals surface area contributed by atoms with Crippen molar-refractivity contribution in [1.29, 1.82) is 0 Å². The number of pyridine rings is 1. The predicted molar refractivity (Wildman–Crippen MR) is 114 cm³/mol. The number of anilines is 1. The van der Waals surface area contributed by atoms with Crippen molar-refractivity contribution < 1.29 is 13.2 Å². The van der Waals surface area contributed by atoms with Gasteiger partial charge in [-0.1, -0.05) is 23.8 Å². The summed E-state index contributed by atoms with van der Waals surface area (Å²) in [5, 5.41) is 6.55. The minimum atomic E-state index is -4.45. The second kappa shape index (κ2) is 10.9. The first-order valence-corrected chi connectivity index (χ1v) is 8.79. The van der Waals surface area contributed by atoms with E-state index in [9.17, 15) is 13.2 Å². The summed E-state index contributed by atoms with van der Waals surface area (Å²) in [6.07, 6.45) is 2.15. The molecule has 2 rings (SSSR count). The van der Waals surface area contributed by atoms with Crippen LogP contribution in [0.5, 0.6) is 0 Å². The van der Waals surface area contributed by atoms with Crippen molar-refractivity contribution in [2.75, 3.05) is 31.6 Å². The number of alkyl halides is 3. The molecule has 1 aromatic rings. The van der Waals surface area contributed by atoms with Gasteiger partial charge in [-0.2, -0.15) is 13.2 Å². The largest absolute Gasteiger partial charge is 0.417 e. The van der Waals surface area contributed by atoms with Crippen LogP contribution < -0.4 is 15.5 Å². The fraction of sp³-hybridized carbons (Fsp3) is 0.529. The molecule has 27 heavy (non-hydrogen) atoms. The number of hydrogen-bond acceptors (Lipinski definition) is 3. The SMILES string of the molecule is C/C=C/CCNC(=NC)NC1CCN(c2ncc(C(F)(F)F)cc2Cl)C1.I. The molecule has 2 N–H and O–H groups in total. The first kappa shape index (κ1) is 23.8. The maximum Gasteiger partial charge on any atom is 0.417 e. The predicted octanol–water partition coefficient (Wildman–Crippen LogP) is 4.08. The maximum atomic E-state index is 12.7. The highest BCUT2D eigenvalue weighted by molar-refractivity contribution is 14.0. The van der Waals surface area contributed by atoms with Gasteiger partial charge < -0.3 is 15.5 Å². The van der Waals surface area contributed by atoms with Crippen LogP contribution in [0.25, 0.3) is 0 Å². The summed E-state index contributed by atoms with van der Waals surface area (Å²) < 4.78 is 38.2. The summed E-state index contributed by atoms with van der Waals surface area (Å²) in [5.74, 6) is 1.08. The first-order chi connectivity index (χ1) is 12.3. The molecule has 5 nitrogen and oxygen atoms in total. The Bertz CT molecular complexity index is 666. The highest BCUT2D eigenvalue weighted by atomic mass is 127. The Kier molecular flexibility index (Phi) is 9.65. The summed E-state index contributed by atoms with van der Waals surface area (Å²) in [6.45, 7) is 3.99. The van der Waals surface area contributed by atoms with E-state index in [0.717, 1.165) is 31.6 Å². The fourth-order valence-corrected chi connectivity index (χ4v) is 3.00. The van der Waals surface area contributed by atoms with E-state index in [0.29, 0.717) is 24.9 Å². The Hall–Kier alpha value is -1.23. The molecule has 1 aromatic heterocycles. The molecule has 0 spiro atoms. The lowest BCUT2D eigenvalue weighted by molar-refractivity contribution is -0.137. The van der Waals surface area contributed by atoms with Crippen molar-refractivity contribution in [3.8, 4) is 0 Å². The van der Waals surface area contributed by atoms with Crippen LogP contribution in [0.2, 0.25) is 5.02 Å². The van der Waals surface area contributed by atoms with Crippen molar-refractivity contribution in [3.63, 3.8) is 0 Å². The Morgan fingerprint density at radius 3 is 2.81 bits per heavy atom. The van der Waals surface area contributed by atoms with Gasteiger partial charge in [0, 0.05) is 38.9 Å². The molecule has 0 bridgehead atoms. The number of nitrogens with zero attached hydrogens (tertiary/aromatic N) is 3. The van der Waals surface area contributed by atoms with Crippen molar-refractivity contribution in [1.82, 2.24) is 15.6 Å². The Labute approximate surface area is 179 Å². The van der Waals surface area contributed by atoms with Gasteiger partial charge in [0.25, 0.3) is 0 Å². The summed E-state index contributed by atoms with van der Waals surface area (Å²) in [4.78, 5) is 9.99. The van der Waals surface area contributed by atoms with Crippen LogP contribution in [-0.4, -0.2) is 43.7 Å². The van der Waals surface area contributed by atoms with Gasteiger partial charge in [-0.15, -0.1) is 24.0 Å². The third kappa shape index (κ3) is 7.02. The van der Waals surface area contributed by atoms with E-state index >= 15 is 0 Å². The van der Waals surface area contributed by atoms with Crippen LogP contribution in [0, 0.1) is 0 Å². The van der Waals surface area contributed by atoms with Crippen LogP contribution in [0.15, 0.2) is 29.4 Å². The zero-order valence-corrected chi connectivity index (χ0v) is 18.3. The Morgan fingerprint density at radius 2 is 2.22 bits per heavy atom. The van der Waals surface area contributed by atoms with Crippen molar-refractivity contribution in [3.05, 3.63) is 35.0 Å². The Morgan fingerprint density at radius 1 is 1.48 bits per heavy atom. The van der Waals surface area contributed by atoms with Crippen molar-refractivity contribution >= 4 is 47.4 Å². The maximum absolute atomic E-state index is 12.7. The van der Waals surface area contributed by atoms with Crippen molar-refractivity contribution in [2.24, 2.45) is 4.99 Å². The van der Waals surface area contributed by atoms with Crippen molar-refractivity contribution in [2.45, 2.75) is 32.0 Å². The molecular formula is C17H24ClF3IN5. The molecule has 0 amide bonds. The monoisotopic (exact) mass is 517 g/mol.